The van der Waals surface area contributed by atoms with Crippen LogP contribution in [0.3, 0.4) is 0 Å². The molecule has 1 heterocycles. The lowest BCUT2D eigenvalue weighted by Gasteiger charge is -2.05. The Balaban J connectivity index is 1.92. The van der Waals surface area contributed by atoms with Crippen molar-refractivity contribution in [2.75, 3.05) is 6.61 Å². The lowest BCUT2D eigenvalue weighted by molar-refractivity contribution is -0.384. The number of ether oxygens (including phenoxy) is 2. The predicted molar refractivity (Wildman–Crippen MR) is 95.0 cm³/mol. The maximum Gasteiger partial charge on any atom is 0.343 e. The predicted octanol–water partition coefficient (Wildman–Crippen LogP) is 4.05. The molecule has 0 unspecified atom stereocenters. The molecule has 0 atom stereocenters. The summed E-state index contributed by atoms with van der Waals surface area (Å²) in [6.07, 6.45) is 0. The maximum atomic E-state index is 12.3. The number of nitrogens with zero attached hydrogens (tertiary/aromatic N) is 1. The van der Waals surface area contributed by atoms with Crippen LogP contribution in [0.2, 0.25) is 0 Å². The molecule has 0 aliphatic rings. The smallest absolute Gasteiger partial charge is 0.343 e. The number of aryl methyl sites for hydroxylation is 1. The summed E-state index contributed by atoms with van der Waals surface area (Å²) in [5.74, 6) is -0.720. The molecule has 1 aromatic heterocycles. The Labute approximate surface area is 153 Å². The highest BCUT2D eigenvalue weighted by molar-refractivity contribution is 6.05. The van der Waals surface area contributed by atoms with E-state index in [0.29, 0.717) is 16.7 Å². The molecule has 8 heteroatoms. The normalized spacial score (nSPS) is 10.6. The third kappa shape index (κ3) is 3.64. The Bertz CT molecular complexity index is 1050. The molecule has 0 saturated carbocycles. The quantitative estimate of drug-likeness (QED) is 0.289. The number of non-ortho nitro benzene ring substituents is 1. The molecule has 0 N–H and O–H groups in total. The van der Waals surface area contributed by atoms with Crippen molar-refractivity contribution in [3.63, 3.8) is 0 Å². The number of benzene rings is 2. The van der Waals surface area contributed by atoms with E-state index in [2.05, 4.69) is 0 Å². The number of carbonyl (C=O) groups excluding carboxylic acids is 2. The van der Waals surface area contributed by atoms with Gasteiger partial charge in [0, 0.05) is 17.5 Å². The van der Waals surface area contributed by atoms with E-state index in [-0.39, 0.29) is 29.2 Å². The van der Waals surface area contributed by atoms with Gasteiger partial charge in [-0.05, 0) is 38.1 Å². The number of hydrogen-bond acceptors (Lipinski definition) is 7. The van der Waals surface area contributed by atoms with Crippen LogP contribution in [0.15, 0.2) is 46.9 Å². The van der Waals surface area contributed by atoms with Gasteiger partial charge in [0.2, 0.25) is 0 Å². The van der Waals surface area contributed by atoms with Crippen molar-refractivity contribution in [3.8, 4) is 5.75 Å². The first-order chi connectivity index (χ1) is 12.9. The third-order valence-corrected chi connectivity index (χ3v) is 3.82. The Morgan fingerprint density at radius 2 is 1.93 bits per heavy atom. The first-order valence-electron chi connectivity index (χ1n) is 8.07. The number of esters is 2. The lowest BCUT2D eigenvalue weighted by atomic mass is 10.1. The summed E-state index contributed by atoms with van der Waals surface area (Å²) in [6.45, 7) is 3.55. The molecule has 27 heavy (non-hydrogen) atoms. The van der Waals surface area contributed by atoms with Crippen molar-refractivity contribution in [3.05, 3.63) is 69.5 Å². The maximum absolute atomic E-state index is 12.3. The van der Waals surface area contributed by atoms with E-state index in [1.165, 1.54) is 30.3 Å². The lowest BCUT2D eigenvalue weighted by Crippen LogP contribution is -2.09. The third-order valence-electron chi connectivity index (χ3n) is 3.82. The fraction of sp³-hybridized carbons (Fsp3) is 0.158. The molecule has 0 aliphatic carbocycles. The second kappa shape index (κ2) is 7.28. The Kier molecular flexibility index (Phi) is 4.89. The minimum Gasteiger partial charge on any atom is -0.462 e. The Morgan fingerprint density at radius 3 is 2.63 bits per heavy atom. The van der Waals surface area contributed by atoms with Gasteiger partial charge in [-0.2, -0.15) is 0 Å². The minimum absolute atomic E-state index is 0.0401. The molecular formula is C19H15NO7. The van der Waals surface area contributed by atoms with Crippen LogP contribution in [0, 0.1) is 17.0 Å². The number of carbonyl (C=O) groups is 2. The number of nitro benzene ring substituents is 1. The zero-order chi connectivity index (χ0) is 19.6. The molecule has 8 nitrogen and oxygen atoms in total. The fourth-order valence-electron chi connectivity index (χ4n) is 2.63. The van der Waals surface area contributed by atoms with Crippen molar-refractivity contribution in [1.82, 2.24) is 0 Å². The SMILES string of the molecule is CCOC(=O)c1c(C)oc2ccc(OC(=O)c3cccc([N+](=O)[O-])c3)cc12. The monoisotopic (exact) mass is 369 g/mol. The molecule has 0 fully saturated rings. The fourth-order valence-corrected chi connectivity index (χ4v) is 2.63. The van der Waals surface area contributed by atoms with Gasteiger partial charge in [-0.25, -0.2) is 9.59 Å². The number of nitro groups is 1. The van der Waals surface area contributed by atoms with Crippen molar-refractivity contribution in [2.45, 2.75) is 13.8 Å². The molecule has 0 radical (unpaired) electrons. The molecule has 0 spiro atoms. The first-order valence-corrected chi connectivity index (χ1v) is 8.07. The molecule has 0 saturated heterocycles. The molecule has 3 rings (SSSR count). The van der Waals surface area contributed by atoms with Gasteiger partial charge in [-0.15, -0.1) is 0 Å². The second-order valence-corrected chi connectivity index (χ2v) is 5.61. The molecule has 0 amide bonds. The summed E-state index contributed by atoms with van der Waals surface area (Å²) in [5, 5.41) is 11.3. The number of hydrogen-bond donors (Lipinski definition) is 0. The van der Waals surface area contributed by atoms with E-state index in [0.717, 1.165) is 6.07 Å². The summed E-state index contributed by atoms with van der Waals surface area (Å²) >= 11 is 0. The summed E-state index contributed by atoms with van der Waals surface area (Å²) in [6, 6.07) is 9.80. The van der Waals surface area contributed by atoms with E-state index >= 15 is 0 Å². The average molecular weight is 369 g/mol. The van der Waals surface area contributed by atoms with Gasteiger partial charge in [0.25, 0.3) is 5.69 Å². The van der Waals surface area contributed by atoms with Gasteiger partial charge in [0.05, 0.1) is 17.1 Å². The number of furan rings is 1. The standard InChI is InChI=1S/C19H15NO7/c1-3-25-19(22)17-11(2)26-16-8-7-14(10-15(16)17)27-18(21)12-5-4-6-13(9-12)20(23)24/h4-10H,3H2,1-2H3. The van der Waals surface area contributed by atoms with Crippen LogP contribution in [-0.2, 0) is 4.74 Å². The van der Waals surface area contributed by atoms with E-state index in [1.807, 2.05) is 0 Å². The van der Waals surface area contributed by atoms with E-state index in [1.54, 1.807) is 19.9 Å². The molecule has 0 aliphatic heterocycles. The number of rotatable bonds is 5. The van der Waals surface area contributed by atoms with Gasteiger partial charge in [-0.3, -0.25) is 10.1 Å². The molecular weight excluding hydrogens is 354 g/mol. The zero-order valence-corrected chi connectivity index (χ0v) is 14.6. The first kappa shape index (κ1) is 18.1. The van der Waals surface area contributed by atoms with Crippen molar-refractivity contribution in [2.24, 2.45) is 0 Å². The van der Waals surface area contributed by atoms with E-state index in [9.17, 15) is 19.7 Å². The number of fused-ring (bicyclic) bond motifs is 1. The van der Waals surface area contributed by atoms with Crippen molar-refractivity contribution >= 4 is 28.6 Å². The topological polar surface area (TPSA) is 109 Å². The summed E-state index contributed by atoms with van der Waals surface area (Å²) in [4.78, 5) is 34.7. The van der Waals surface area contributed by atoms with Gasteiger partial charge in [0.1, 0.15) is 22.7 Å². The van der Waals surface area contributed by atoms with Crippen LogP contribution in [0.5, 0.6) is 5.75 Å². The van der Waals surface area contributed by atoms with Crippen LogP contribution in [-0.4, -0.2) is 23.5 Å². The minimum atomic E-state index is -0.754. The summed E-state index contributed by atoms with van der Waals surface area (Å²) < 4.78 is 15.9. The van der Waals surface area contributed by atoms with Gasteiger partial charge in [-0.1, -0.05) is 6.07 Å². The van der Waals surface area contributed by atoms with Crippen LogP contribution < -0.4 is 4.74 Å². The highest BCUT2D eigenvalue weighted by atomic mass is 16.6. The molecule has 2 aromatic carbocycles. The van der Waals surface area contributed by atoms with Crippen LogP contribution in [0.1, 0.15) is 33.4 Å². The highest BCUT2D eigenvalue weighted by Crippen LogP contribution is 2.30. The average Bonchev–Trinajstić information content (AvgIpc) is 2.97. The Hall–Kier alpha value is -3.68. The molecule has 3 aromatic rings. The summed E-state index contributed by atoms with van der Waals surface area (Å²) in [7, 11) is 0. The van der Waals surface area contributed by atoms with Crippen LogP contribution in [0.25, 0.3) is 11.0 Å². The summed E-state index contributed by atoms with van der Waals surface area (Å²) in [5.41, 5.74) is 0.541. The van der Waals surface area contributed by atoms with Crippen molar-refractivity contribution < 1.29 is 28.4 Å². The Morgan fingerprint density at radius 1 is 1.15 bits per heavy atom. The van der Waals surface area contributed by atoms with E-state index in [4.69, 9.17) is 13.9 Å². The van der Waals surface area contributed by atoms with E-state index < -0.39 is 16.9 Å². The van der Waals surface area contributed by atoms with Crippen molar-refractivity contribution in [1.29, 1.82) is 0 Å². The molecule has 0 bridgehead atoms. The second-order valence-electron chi connectivity index (χ2n) is 5.61. The highest BCUT2D eigenvalue weighted by Gasteiger charge is 2.21. The van der Waals surface area contributed by atoms with Gasteiger partial charge in [0.15, 0.2) is 0 Å². The van der Waals surface area contributed by atoms with Gasteiger partial charge >= 0.3 is 11.9 Å². The molecule has 138 valence electrons. The van der Waals surface area contributed by atoms with Crippen LogP contribution >= 0.6 is 0 Å². The largest absolute Gasteiger partial charge is 0.462 e. The zero-order valence-electron chi connectivity index (χ0n) is 14.6. The van der Waals surface area contributed by atoms with Crippen LogP contribution in [0.4, 0.5) is 5.69 Å². The van der Waals surface area contributed by atoms with Gasteiger partial charge < -0.3 is 13.9 Å².